The van der Waals surface area contributed by atoms with Gasteiger partial charge in [0.25, 0.3) is 0 Å². The summed E-state index contributed by atoms with van der Waals surface area (Å²) in [5.41, 5.74) is 3.10. The van der Waals surface area contributed by atoms with Crippen molar-refractivity contribution in [2.75, 3.05) is 69.7 Å². The molecular weight excluding hydrogens is 967 g/mol. The molecule has 76 heavy (non-hydrogen) atoms. The summed E-state index contributed by atoms with van der Waals surface area (Å²) in [5, 5.41) is 30.0. The summed E-state index contributed by atoms with van der Waals surface area (Å²) in [4.78, 5) is 59.3. The largest absolute Gasteiger partial charge is 0.508 e. The molecule has 7 aliphatic rings. The fourth-order valence-corrected chi connectivity index (χ4v) is 13.7. The summed E-state index contributed by atoms with van der Waals surface area (Å²) >= 11 is 0. The van der Waals surface area contributed by atoms with E-state index in [1.165, 1.54) is 29.8 Å². The van der Waals surface area contributed by atoms with Gasteiger partial charge in [-0.3, -0.25) is 24.7 Å². The van der Waals surface area contributed by atoms with Gasteiger partial charge in [0, 0.05) is 98.0 Å². The second-order valence-electron chi connectivity index (χ2n) is 23.1. The SMILES string of the molecule is C#Cc1c(F)ccc2cc(O)cc(-c3ncc4c(N5CC6CCC(C5)N6)nc(OCC5(CN6CCC7(CCC(C(=O)N8CCC(c9ccc(C(=N)C%10CCC(=O)NC%10=O)c(NC)c9)CC8)CC7)CC6)CC5)nc4c3F)c12. The number of amides is 3. The van der Waals surface area contributed by atoms with Crippen LogP contribution in [0.5, 0.6) is 11.8 Å². The molecule has 3 amide bonds. The first-order valence-electron chi connectivity index (χ1n) is 27.5. The lowest BCUT2D eigenvalue weighted by Crippen LogP contribution is -2.51. The summed E-state index contributed by atoms with van der Waals surface area (Å²) in [6.07, 6.45) is 20.0. The Balaban J connectivity index is 0.665. The Bertz CT molecular complexity index is 3190. The minimum atomic E-state index is -0.733. The molecule has 5 N–H and O–H groups in total. The van der Waals surface area contributed by atoms with Crippen molar-refractivity contribution in [3.63, 3.8) is 0 Å². The number of hydrogen-bond donors (Lipinski definition) is 5. The van der Waals surface area contributed by atoms with E-state index in [0.717, 1.165) is 115 Å². The number of phenolic OH excluding ortho intramolecular Hbond substituents is 1. The lowest BCUT2D eigenvalue weighted by Gasteiger charge is -2.47. The van der Waals surface area contributed by atoms with E-state index in [1.807, 2.05) is 13.1 Å². The van der Waals surface area contributed by atoms with E-state index in [-0.39, 0.29) is 86.4 Å². The molecule has 3 unspecified atom stereocenters. The van der Waals surface area contributed by atoms with Crippen LogP contribution < -0.4 is 25.6 Å². The van der Waals surface area contributed by atoms with Crippen molar-refractivity contribution in [3.8, 4) is 35.4 Å². The standard InChI is InChI=1S/C59H66F2N10O5/c1-3-41-46(60)10-5-37-26-40(72)28-44(49(37)41)52-50(61)53-45(29-64-52)54(71-30-38-6-7-39(31-71)65-38)68-57(67-53)76-33-59(18-19-59)32-69-24-20-58(21-25-69)16-12-35(13-17-58)56(75)70-22-14-34(15-23-70)36-4-8-42(47(27-36)63-2)51(62)43-9-11-48(73)66-55(43)74/h1,4-5,8,10,26-29,34-35,38-39,43,62-63,65,72H,6-7,9,11-25,30-33H2,2H3,(H,66,73,74). The van der Waals surface area contributed by atoms with E-state index in [9.17, 15) is 19.5 Å². The molecule has 17 heteroatoms. The molecule has 2 aromatic heterocycles. The summed E-state index contributed by atoms with van der Waals surface area (Å²) in [5.74, 6) is 0.793. The highest BCUT2D eigenvalue weighted by molar-refractivity contribution is 6.17. The van der Waals surface area contributed by atoms with Gasteiger partial charge in [0.1, 0.15) is 28.6 Å². The third-order valence-electron chi connectivity index (χ3n) is 18.4. The van der Waals surface area contributed by atoms with E-state index >= 15 is 8.78 Å². The van der Waals surface area contributed by atoms with E-state index < -0.39 is 23.5 Å². The van der Waals surface area contributed by atoms with Gasteiger partial charge in [0.15, 0.2) is 5.82 Å². The minimum Gasteiger partial charge on any atom is -0.508 e. The van der Waals surface area contributed by atoms with Crippen LogP contribution in [0.2, 0.25) is 0 Å². The van der Waals surface area contributed by atoms with Gasteiger partial charge in [-0.2, -0.15) is 9.97 Å². The molecule has 1 spiro atoms. The van der Waals surface area contributed by atoms with Crippen molar-refractivity contribution in [1.29, 1.82) is 5.41 Å². The summed E-state index contributed by atoms with van der Waals surface area (Å²) in [7, 11) is 1.82. The van der Waals surface area contributed by atoms with Gasteiger partial charge in [-0.1, -0.05) is 24.1 Å². The second-order valence-corrected chi connectivity index (χ2v) is 23.1. The van der Waals surface area contributed by atoms with Crippen LogP contribution in [0.4, 0.5) is 20.3 Å². The number of aromatic hydroxyl groups is 1. The maximum atomic E-state index is 17.2. The number of hydrogen-bond acceptors (Lipinski definition) is 13. The molecule has 7 heterocycles. The monoisotopic (exact) mass is 1030 g/mol. The van der Waals surface area contributed by atoms with E-state index in [0.29, 0.717) is 60.1 Å². The molecule has 5 aliphatic heterocycles. The zero-order valence-electron chi connectivity index (χ0n) is 43.2. The summed E-state index contributed by atoms with van der Waals surface area (Å²) in [6, 6.07) is 12.3. The van der Waals surface area contributed by atoms with Gasteiger partial charge in [-0.25, -0.2) is 8.78 Å². The number of anilines is 2. The van der Waals surface area contributed by atoms with Crippen molar-refractivity contribution < 1.29 is 33.0 Å². The number of aromatic nitrogens is 3. The average Bonchev–Trinajstić information content (AvgIpc) is 4.13. The van der Waals surface area contributed by atoms with Gasteiger partial charge in [0.2, 0.25) is 17.7 Å². The number of phenols is 1. The number of ether oxygens (including phenoxy) is 1. The Morgan fingerprint density at radius 2 is 1.68 bits per heavy atom. The predicted octanol–water partition coefficient (Wildman–Crippen LogP) is 8.05. The first kappa shape index (κ1) is 50.1. The van der Waals surface area contributed by atoms with Crippen LogP contribution in [0.15, 0.2) is 48.7 Å². The van der Waals surface area contributed by atoms with Crippen molar-refractivity contribution in [3.05, 3.63) is 77.0 Å². The summed E-state index contributed by atoms with van der Waals surface area (Å²) in [6.45, 7) is 6.15. The molecule has 3 atom stereocenters. The lowest BCUT2D eigenvalue weighted by molar-refractivity contribution is -0.139. The van der Waals surface area contributed by atoms with Crippen LogP contribution in [0.1, 0.15) is 112 Å². The number of carbonyl (C=O) groups excluding carboxylic acids is 3. The zero-order valence-corrected chi connectivity index (χ0v) is 43.2. The number of piperidine rings is 3. The Morgan fingerprint density at radius 1 is 0.934 bits per heavy atom. The third kappa shape index (κ3) is 9.50. The molecule has 396 valence electrons. The quantitative estimate of drug-likeness (QED) is 0.0460. The lowest BCUT2D eigenvalue weighted by atomic mass is 9.65. The van der Waals surface area contributed by atoms with Gasteiger partial charge < -0.3 is 40.6 Å². The number of terminal acetylenes is 1. The van der Waals surface area contributed by atoms with Gasteiger partial charge in [-0.05, 0) is 143 Å². The number of imide groups is 1. The summed E-state index contributed by atoms with van der Waals surface area (Å²) < 4.78 is 38.8. The van der Waals surface area contributed by atoms with Crippen molar-refractivity contribution >= 4 is 56.6 Å². The number of pyridine rings is 1. The Morgan fingerprint density at radius 3 is 2.38 bits per heavy atom. The van der Waals surface area contributed by atoms with Crippen LogP contribution in [0, 0.1) is 52.1 Å². The van der Waals surface area contributed by atoms with E-state index in [2.05, 4.69) is 53.7 Å². The molecule has 12 rings (SSSR count). The Labute approximate surface area is 441 Å². The van der Waals surface area contributed by atoms with Crippen LogP contribution in [0.25, 0.3) is 32.9 Å². The number of benzene rings is 3. The number of piperazine rings is 1. The van der Waals surface area contributed by atoms with Crippen LogP contribution in [0.3, 0.4) is 0 Å². The predicted molar refractivity (Wildman–Crippen MR) is 286 cm³/mol. The molecule has 0 radical (unpaired) electrons. The zero-order chi connectivity index (χ0) is 52.5. The van der Waals surface area contributed by atoms with Crippen LogP contribution in [-0.4, -0.2) is 125 Å². The van der Waals surface area contributed by atoms with Crippen molar-refractivity contribution in [1.82, 2.24) is 35.4 Å². The first-order chi connectivity index (χ1) is 36.8. The maximum absolute atomic E-state index is 17.2. The molecular formula is C59H66F2N10O5. The first-order valence-corrected chi connectivity index (χ1v) is 27.5. The Hall–Kier alpha value is -6.77. The number of fused-ring (bicyclic) bond motifs is 4. The highest BCUT2D eigenvalue weighted by Crippen LogP contribution is 2.51. The number of nitrogens with zero attached hydrogens (tertiary/aromatic N) is 6. The minimum absolute atomic E-state index is 0.0368. The number of nitrogens with one attached hydrogen (secondary N) is 4. The van der Waals surface area contributed by atoms with E-state index in [4.69, 9.17) is 26.5 Å². The highest BCUT2D eigenvalue weighted by atomic mass is 19.1. The highest BCUT2D eigenvalue weighted by Gasteiger charge is 2.48. The molecule has 7 fully saturated rings. The van der Waals surface area contributed by atoms with Gasteiger partial charge >= 0.3 is 6.01 Å². The molecule has 2 saturated carbocycles. The van der Waals surface area contributed by atoms with Gasteiger partial charge in [0.05, 0.1) is 29.2 Å². The van der Waals surface area contributed by atoms with Crippen LogP contribution >= 0.6 is 0 Å². The van der Waals surface area contributed by atoms with Crippen molar-refractivity contribution in [2.24, 2.45) is 22.7 Å². The second kappa shape index (κ2) is 20.0. The normalized spacial score (nSPS) is 23.7. The topological polar surface area (TPSA) is 189 Å². The third-order valence-corrected chi connectivity index (χ3v) is 18.4. The van der Waals surface area contributed by atoms with E-state index in [1.54, 1.807) is 6.20 Å². The average molecular weight is 1030 g/mol. The number of likely N-dealkylation sites (tertiary alicyclic amines) is 2. The van der Waals surface area contributed by atoms with Crippen molar-refractivity contribution in [2.45, 2.75) is 108 Å². The van der Waals surface area contributed by atoms with Crippen LogP contribution in [-0.2, 0) is 14.4 Å². The molecule has 3 aromatic carbocycles. The fraction of sp³-hybridized carbons (Fsp3) is 0.508. The molecule has 2 bridgehead atoms. The molecule has 5 saturated heterocycles. The maximum Gasteiger partial charge on any atom is 0.319 e. The molecule has 2 aliphatic carbocycles. The number of halogens is 2. The number of carbonyl (C=O) groups is 3. The molecule has 5 aromatic rings. The molecule has 15 nitrogen and oxygen atoms in total. The fourth-order valence-electron chi connectivity index (χ4n) is 13.7. The van der Waals surface area contributed by atoms with Gasteiger partial charge in [-0.15, -0.1) is 6.42 Å². The smallest absolute Gasteiger partial charge is 0.319 e. The Kier molecular flexibility index (Phi) is 13.2. The number of rotatable bonds is 12.